The monoisotopic (exact) mass is 393 g/mol. The van der Waals surface area contributed by atoms with Crippen molar-refractivity contribution < 1.29 is 9.53 Å². The van der Waals surface area contributed by atoms with E-state index in [-0.39, 0.29) is 6.09 Å². The minimum Gasteiger partial charge on any atom is -0.444 e. The smallest absolute Gasteiger partial charge is 0.410 e. The number of rotatable bonds is 1. The third-order valence-electron chi connectivity index (χ3n) is 3.63. The SMILES string of the molecule is CC(C)(C)OC(=O)N1CCN(c2ncc(C#C[Si](C)(C)C)cc2Cl)CC1. The molecule has 1 aliphatic heterocycles. The Hall–Kier alpha value is -1.71. The van der Waals surface area contributed by atoms with E-state index in [1.165, 1.54) is 0 Å². The Morgan fingerprint density at radius 2 is 1.85 bits per heavy atom. The van der Waals surface area contributed by atoms with Gasteiger partial charge >= 0.3 is 6.09 Å². The summed E-state index contributed by atoms with van der Waals surface area (Å²) >= 11 is 6.43. The Balaban J connectivity index is 2.01. The van der Waals surface area contributed by atoms with E-state index in [4.69, 9.17) is 16.3 Å². The van der Waals surface area contributed by atoms with Gasteiger partial charge in [-0.25, -0.2) is 9.78 Å². The Labute approximate surface area is 162 Å². The molecule has 1 amide bonds. The third kappa shape index (κ3) is 6.22. The summed E-state index contributed by atoms with van der Waals surface area (Å²) in [5.41, 5.74) is 3.68. The highest BCUT2D eigenvalue weighted by Crippen LogP contribution is 2.25. The molecule has 0 unspecified atom stereocenters. The zero-order chi connectivity index (χ0) is 19.5. The quantitative estimate of drug-likeness (QED) is 0.534. The van der Waals surface area contributed by atoms with Crippen molar-refractivity contribution in [1.82, 2.24) is 9.88 Å². The number of amides is 1. The van der Waals surface area contributed by atoms with Crippen LogP contribution >= 0.6 is 11.6 Å². The lowest BCUT2D eigenvalue weighted by Crippen LogP contribution is -2.50. The summed E-state index contributed by atoms with van der Waals surface area (Å²) < 4.78 is 5.43. The predicted molar refractivity (Wildman–Crippen MR) is 109 cm³/mol. The zero-order valence-electron chi connectivity index (χ0n) is 16.5. The van der Waals surface area contributed by atoms with Gasteiger partial charge in [0.15, 0.2) is 0 Å². The van der Waals surface area contributed by atoms with Crippen molar-refractivity contribution in [2.24, 2.45) is 0 Å². The average molecular weight is 394 g/mol. The number of carbonyl (C=O) groups is 1. The molecule has 2 rings (SSSR count). The first kappa shape index (κ1) is 20.6. The number of hydrogen-bond donors (Lipinski definition) is 0. The number of halogens is 1. The Bertz CT molecular complexity index is 721. The first-order valence-electron chi connectivity index (χ1n) is 8.86. The van der Waals surface area contributed by atoms with E-state index < -0.39 is 13.7 Å². The van der Waals surface area contributed by atoms with Crippen LogP contribution in [0.1, 0.15) is 26.3 Å². The van der Waals surface area contributed by atoms with Crippen LogP contribution in [0.3, 0.4) is 0 Å². The molecule has 1 fully saturated rings. The molecule has 26 heavy (non-hydrogen) atoms. The van der Waals surface area contributed by atoms with Crippen LogP contribution in [0.15, 0.2) is 12.3 Å². The van der Waals surface area contributed by atoms with Crippen molar-refractivity contribution in [1.29, 1.82) is 0 Å². The van der Waals surface area contributed by atoms with Crippen LogP contribution in [0.2, 0.25) is 24.7 Å². The molecule has 2 heterocycles. The van der Waals surface area contributed by atoms with Crippen molar-refractivity contribution in [3.05, 3.63) is 22.8 Å². The fraction of sp³-hybridized carbons (Fsp3) is 0.579. The molecule has 0 atom stereocenters. The fourth-order valence-electron chi connectivity index (χ4n) is 2.42. The molecule has 1 saturated heterocycles. The molecular formula is C19H28ClN3O2Si. The van der Waals surface area contributed by atoms with Gasteiger partial charge < -0.3 is 14.5 Å². The molecule has 0 aliphatic carbocycles. The first-order chi connectivity index (χ1) is 11.9. The Kier molecular flexibility index (Phi) is 6.25. The number of nitrogens with zero attached hydrogens (tertiary/aromatic N) is 3. The van der Waals surface area contributed by atoms with Gasteiger partial charge in [0.1, 0.15) is 19.5 Å². The summed E-state index contributed by atoms with van der Waals surface area (Å²) in [5, 5.41) is 0.595. The molecule has 0 radical (unpaired) electrons. The van der Waals surface area contributed by atoms with Crippen LogP contribution in [0.5, 0.6) is 0 Å². The van der Waals surface area contributed by atoms with E-state index in [2.05, 4.69) is 41.0 Å². The molecule has 0 N–H and O–H groups in total. The number of pyridine rings is 1. The van der Waals surface area contributed by atoms with Gasteiger partial charge in [-0.15, -0.1) is 5.54 Å². The topological polar surface area (TPSA) is 45.7 Å². The highest BCUT2D eigenvalue weighted by molar-refractivity contribution is 6.83. The Morgan fingerprint density at radius 3 is 2.35 bits per heavy atom. The van der Waals surface area contributed by atoms with Gasteiger partial charge in [0.2, 0.25) is 0 Å². The van der Waals surface area contributed by atoms with Gasteiger partial charge in [0.25, 0.3) is 0 Å². The normalized spacial score (nSPS) is 15.3. The van der Waals surface area contributed by atoms with Gasteiger partial charge in [0, 0.05) is 37.9 Å². The minimum atomic E-state index is -1.43. The van der Waals surface area contributed by atoms with E-state index in [1.807, 2.05) is 26.8 Å². The van der Waals surface area contributed by atoms with E-state index in [0.717, 1.165) is 11.4 Å². The van der Waals surface area contributed by atoms with E-state index >= 15 is 0 Å². The summed E-state index contributed by atoms with van der Waals surface area (Å²) in [6.07, 6.45) is 1.50. The van der Waals surface area contributed by atoms with Crippen LogP contribution in [-0.2, 0) is 4.74 Å². The minimum absolute atomic E-state index is 0.270. The average Bonchev–Trinajstić information content (AvgIpc) is 2.51. The number of carbonyl (C=O) groups excluding carboxylic acids is 1. The van der Waals surface area contributed by atoms with Gasteiger partial charge in [0.05, 0.1) is 5.02 Å². The van der Waals surface area contributed by atoms with Crippen molar-refractivity contribution >= 4 is 31.6 Å². The van der Waals surface area contributed by atoms with Gasteiger partial charge in [-0.3, -0.25) is 0 Å². The lowest BCUT2D eigenvalue weighted by atomic mass is 10.2. The predicted octanol–water partition coefficient (Wildman–Crippen LogP) is 4.02. The molecule has 5 nitrogen and oxygen atoms in total. The number of ether oxygens (including phenoxy) is 1. The number of aromatic nitrogens is 1. The van der Waals surface area contributed by atoms with Crippen molar-refractivity contribution in [2.75, 3.05) is 31.1 Å². The van der Waals surface area contributed by atoms with Crippen LogP contribution in [0.4, 0.5) is 10.6 Å². The largest absolute Gasteiger partial charge is 0.444 e. The van der Waals surface area contributed by atoms with Crippen molar-refractivity contribution in [2.45, 2.75) is 46.0 Å². The molecule has 7 heteroatoms. The lowest BCUT2D eigenvalue weighted by Gasteiger charge is -2.36. The van der Waals surface area contributed by atoms with Crippen LogP contribution < -0.4 is 4.90 Å². The summed E-state index contributed by atoms with van der Waals surface area (Å²) in [5.74, 6) is 3.92. The van der Waals surface area contributed by atoms with Crippen LogP contribution in [-0.4, -0.2) is 55.8 Å². The maximum atomic E-state index is 12.2. The molecule has 142 valence electrons. The number of anilines is 1. The number of piperazine rings is 1. The molecule has 1 aliphatic rings. The Morgan fingerprint density at radius 1 is 1.23 bits per heavy atom. The fourth-order valence-corrected chi connectivity index (χ4v) is 3.22. The van der Waals surface area contributed by atoms with E-state index in [9.17, 15) is 4.79 Å². The molecule has 0 spiro atoms. The van der Waals surface area contributed by atoms with Crippen molar-refractivity contribution in [3.63, 3.8) is 0 Å². The second kappa shape index (κ2) is 7.89. The maximum absolute atomic E-state index is 12.2. The molecule has 0 saturated carbocycles. The summed E-state index contributed by atoms with van der Waals surface area (Å²) in [6.45, 7) is 14.7. The highest BCUT2D eigenvalue weighted by atomic mass is 35.5. The van der Waals surface area contributed by atoms with E-state index in [1.54, 1.807) is 11.1 Å². The van der Waals surface area contributed by atoms with Crippen LogP contribution in [0.25, 0.3) is 0 Å². The highest BCUT2D eigenvalue weighted by Gasteiger charge is 2.27. The molecule has 1 aromatic heterocycles. The lowest BCUT2D eigenvalue weighted by molar-refractivity contribution is 0.0240. The molecular weight excluding hydrogens is 366 g/mol. The molecule has 0 aromatic carbocycles. The summed E-state index contributed by atoms with van der Waals surface area (Å²) in [6, 6.07) is 1.87. The van der Waals surface area contributed by atoms with Crippen molar-refractivity contribution in [3.8, 4) is 11.5 Å². The molecule has 1 aromatic rings. The van der Waals surface area contributed by atoms with Gasteiger partial charge in [-0.1, -0.05) is 37.2 Å². The summed E-state index contributed by atoms with van der Waals surface area (Å²) in [7, 11) is -1.43. The van der Waals surface area contributed by atoms with E-state index in [0.29, 0.717) is 31.2 Å². The second-order valence-electron chi connectivity index (χ2n) is 8.48. The zero-order valence-corrected chi connectivity index (χ0v) is 18.3. The third-order valence-corrected chi connectivity index (χ3v) is 4.79. The maximum Gasteiger partial charge on any atom is 0.410 e. The standard InChI is InChI=1S/C19H28ClN3O2Si/c1-19(2,3)25-18(24)23-10-8-22(9-11-23)17-16(20)13-15(14-21-17)7-12-26(4,5)6/h13-14H,8-11H2,1-6H3. The van der Waals surface area contributed by atoms with Gasteiger partial charge in [-0.05, 0) is 26.8 Å². The van der Waals surface area contributed by atoms with Gasteiger partial charge in [-0.2, -0.15) is 0 Å². The van der Waals surface area contributed by atoms with Crippen LogP contribution in [0, 0.1) is 11.5 Å². The number of hydrogen-bond acceptors (Lipinski definition) is 4. The molecule has 0 bridgehead atoms. The second-order valence-corrected chi connectivity index (χ2v) is 13.6. The summed E-state index contributed by atoms with van der Waals surface area (Å²) in [4.78, 5) is 20.5. The first-order valence-corrected chi connectivity index (χ1v) is 12.7.